The summed E-state index contributed by atoms with van der Waals surface area (Å²) in [5.41, 5.74) is -1.61. The molecule has 5 atom stereocenters. The van der Waals surface area contributed by atoms with Crippen molar-refractivity contribution < 1.29 is 36.6 Å². The second-order valence-electron chi connectivity index (χ2n) is 10.0. The molecule has 2 saturated carbocycles. The highest BCUT2D eigenvalue weighted by Crippen LogP contribution is 2.56. The van der Waals surface area contributed by atoms with Gasteiger partial charge in [-0.25, -0.2) is 21.6 Å². The molecule has 1 amide bonds. The number of carbonyl (C=O) groups is 1. The van der Waals surface area contributed by atoms with Crippen molar-refractivity contribution in [3.63, 3.8) is 0 Å². The number of amides is 1. The molecule has 1 aromatic heterocycles. The summed E-state index contributed by atoms with van der Waals surface area (Å²) >= 11 is 6.26. The number of aliphatic hydroxyl groups excluding tert-OH is 1. The molecule has 2 aliphatic rings. The largest absolute Gasteiger partial charge is 0.386 e. The van der Waals surface area contributed by atoms with Crippen molar-refractivity contribution in [3.8, 4) is 0 Å². The minimum atomic E-state index is -4.09. The van der Waals surface area contributed by atoms with Gasteiger partial charge in [0.15, 0.2) is 21.5 Å². The molecule has 0 radical (unpaired) electrons. The van der Waals surface area contributed by atoms with E-state index < -0.39 is 62.0 Å². The van der Waals surface area contributed by atoms with E-state index in [1.807, 2.05) is 0 Å². The third kappa shape index (κ3) is 4.93. The van der Waals surface area contributed by atoms with Crippen LogP contribution in [0, 0.1) is 29.3 Å². The molecule has 2 fully saturated rings. The summed E-state index contributed by atoms with van der Waals surface area (Å²) < 4.78 is 67.5. The van der Waals surface area contributed by atoms with Crippen LogP contribution in [0.25, 0.3) is 0 Å². The average molecular weight is 581 g/mol. The molecule has 3 N–H and O–H groups in total. The summed E-state index contributed by atoms with van der Waals surface area (Å²) in [6, 6.07) is 8.95. The maximum absolute atomic E-state index is 13.7. The Morgan fingerprint density at radius 3 is 2.33 bits per heavy atom. The standard InChI is InChI=1S/C27H24ClF3N2O5S/c28-20-6-1-14(26(35)33-18-5-7-21(30)22(31)12-18)9-24(20)39(37,38)19-10-15-2-3-16(11-19)27(15,36)25(34)23-8-4-17(29)13-32-23/h1,4-9,12-13,15-16,19,25,34,36H,2-3,10-11H2,(H,33,35)/t15-,16+,19-,25-,27-/m1/s1. The molecule has 206 valence electrons. The molecule has 39 heavy (non-hydrogen) atoms. The van der Waals surface area contributed by atoms with Crippen LogP contribution in [0.1, 0.15) is 47.8 Å². The lowest BCUT2D eigenvalue weighted by Gasteiger charge is -2.45. The summed E-state index contributed by atoms with van der Waals surface area (Å²) in [5.74, 6) is -4.72. The Bertz CT molecular complexity index is 1520. The van der Waals surface area contributed by atoms with Gasteiger partial charge in [0.25, 0.3) is 5.91 Å². The highest BCUT2D eigenvalue weighted by molar-refractivity contribution is 7.92. The first kappa shape index (κ1) is 27.6. The van der Waals surface area contributed by atoms with Gasteiger partial charge in [-0.05, 0) is 80.0 Å². The molecule has 2 aliphatic carbocycles. The molecule has 2 bridgehead atoms. The van der Waals surface area contributed by atoms with E-state index in [4.69, 9.17) is 11.6 Å². The number of hydrogen-bond donors (Lipinski definition) is 3. The van der Waals surface area contributed by atoms with Gasteiger partial charge >= 0.3 is 0 Å². The Hall–Kier alpha value is -2.99. The highest BCUT2D eigenvalue weighted by atomic mass is 35.5. The van der Waals surface area contributed by atoms with Gasteiger partial charge < -0.3 is 15.5 Å². The number of nitrogens with zero attached hydrogens (tertiary/aromatic N) is 1. The number of sulfone groups is 1. The predicted octanol–water partition coefficient (Wildman–Crippen LogP) is 4.83. The third-order valence-corrected chi connectivity index (χ3v) is 10.5. The number of aliphatic hydroxyl groups is 2. The van der Waals surface area contributed by atoms with Crippen LogP contribution in [-0.4, -0.2) is 40.4 Å². The summed E-state index contributed by atoms with van der Waals surface area (Å²) in [6.45, 7) is 0. The Morgan fingerprint density at radius 2 is 1.72 bits per heavy atom. The number of pyridine rings is 1. The van der Waals surface area contributed by atoms with Gasteiger partial charge in [-0.3, -0.25) is 9.78 Å². The molecule has 0 aliphatic heterocycles. The molecule has 7 nitrogen and oxygen atoms in total. The zero-order valence-electron chi connectivity index (χ0n) is 20.3. The molecule has 0 spiro atoms. The lowest BCUT2D eigenvalue weighted by atomic mass is 9.70. The number of aromatic nitrogens is 1. The molecular formula is C27H24ClF3N2O5S. The number of nitrogens with one attached hydrogen (secondary N) is 1. The summed E-state index contributed by atoms with van der Waals surface area (Å²) in [7, 11) is -4.09. The monoisotopic (exact) mass is 580 g/mol. The zero-order chi connectivity index (χ0) is 28.1. The normalized spacial score (nSPS) is 25.3. The van der Waals surface area contributed by atoms with E-state index in [1.54, 1.807) is 0 Å². The van der Waals surface area contributed by atoms with Crippen LogP contribution in [0.4, 0.5) is 18.9 Å². The number of rotatable bonds is 6. The summed E-state index contributed by atoms with van der Waals surface area (Å²) in [4.78, 5) is 16.4. The van der Waals surface area contributed by atoms with E-state index in [1.165, 1.54) is 24.3 Å². The smallest absolute Gasteiger partial charge is 0.255 e. The summed E-state index contributed by atoms with van der Waals surface area (Å²) in [6.07, 6.45) is 0.555. The van der Waals surface area contributed by atoms with E-state index in [0.717, 1.165) is 30.5 Å². The quantitative estimate of drug-likeness (QED) is 0.384. The lowest BCUT2D eigenvalue weighted by Crippen LogP contribution is -2.52. The first-order valence-electron chi connectivity index (χ1n) is 12.2. The molecule has 5 rings (SSSR count). The molecule has 0 saturated heterocycles. The Kier molecular flexibility index (Phi) is 7.21. The van der Waals surface area contributed by atoms with Gasteiger partial charge in [-0.2, -0.15) is 0 Å². The van der Waals surface area contributed by atoms with Crippen molar-refractivity contribution in [2.45, 2.75) is 47.5 Å². The van der Waals surface area contributed by atoms with Crippen molar-refractivity contribution in [3.05, 3.63) is 88.5 Å². The fraction of sp³-hybridized carbons (Fsp3) is 0.333. The van der Waals surface area contributed by atoms with Crippen LogP contribution in [-0.2, 0) is 9.84 Å². The molecule has 3 aromatic rings. The van der Waals surface area contributed by atoms with Gasteiger partial charge in [0, 0.05) is 17.3 Å². The van der Waals surface area contributed by atoms with E-state index in [-0.39, 0.29) is 39.7 Å². The minimum Gasteiger partial charge on any atom is -0.386 e. The third-order valence-electron chi connectivity index (χ3n) is 7.85. The first-order chi connectivity index (χ1) is 18.4. The Balaban J connectivity index is 1.38. The number of anilines is 1. The number of fused-ring (bicyclic) bond motifs is 2. The van der Waals surface area contributed by atoms with E-state index in [2.05, 4.69) is 10.3 Å². The van der Waals surface area contributed by atoms with E-state index in [0.29, 0.717) is 12.8 Å². The molecule has 2 aromatic carbocycles. The van der Waals surface area contributed by atoms with Crippen molar-refractivity contribution in [2.24, 2.45) is 11.8 Å². The highest BCUT2D eigenvalue weighted by Gasteiger charge is 2.59. The summed E-state index contributed by atoms with van der Waals surface area (Å²) in [5, 5.41) is 23.9. The van der Waals surface area contributed by atoms with Gasteiger partial charge in [0.1, 0.15) is 17.5 Å². The van der Waals surface area contributed by atoms with Crippen LogP contribution in [0.5, 0.6) is 0 Å². The van der Waals surface area contributed by atoms with Gasteiger partial charge in [-0.15, -0.1) is 0 Å². The fourth-order valence-electron chi connectivity index (χ4n) is 5.85. The van der Waals surface area contributed by atoms with Crippen LogP contribution < -0.4 is 5.32 Å². The van der Waals surface area contributed by atoms with Crippen molar-refractivity contribution in [1.82, 2.24) is 4.98 Å². The minimum absolute atomic E-state index is 0.0180. The van der Waals surface area contributed by atoms with Crippen LogP contribution in [0.2, 0.25) is 5.02 Å². The fourth-order valence-corrected chi connectivity index (χ4v) is 8.25. The lowest BCUT2D eigenvalue weighted by molar-refractivity contribution is -0.145. The number of benzene rings is 2. The van der Waals surface area contributed by atoms with Crippen LogP contribution in [0.15, 0.2) is 59.6 Å². The van der Waals surface area contributed by atoms with Crippen molar-refractivity contribution in [2.75, 3.05) is 5.32 Å². The van der Waals surface area contributed by atoms with E-state index in [9.17, 15) is 36.6 Å². The Labute approximate surface area is 227 Å². The number of hydrogen-bond acceptors (Lipinski definition) is 6. The van der Waals surface area contributed by atoms with E-state index >= 15 is 0 Å². The Morgan fingerprint density at radius 1 is 1.03 bits per heavy atom. The SMILES string of the molecule is O=C(Nc1ccc(F)c(F)c1)c1ccc(Cl)c(S(=O)(=O)[C@@H]2C[C@H]3CC[C@@H](C2)[C@@]3(O)[C@H](O)c2ccc(F)cn2)c1. The molecule has 0 unspecified atom stereocenters. The predicted molar refractivity (Wildman–Crippen MR) is 136 cm³/mol. The molecule has 1 heterocycles. The molecule has 12 heteroatoms. The maximum Gasteiger partial charge on any atom is 0.255 e. The number of carbonyl (C=O) groups excluding carboxylic acids is 1. The van der Waals surface area contributed by atoms with Gasteiger partial charge in [0.05, 0.1) is 27.1 Å². The van der Waals surface area contributed by atoms with Crippen molar-refractivity contribution >= 4 is 33.0 Å². The maximum atomic E-state index is 13.7. The molecular weight excluding hydrogens is 557 g/mol. The first-order valence-corrected chi connectivity index (χ1v) is 14.2. The van der Waals surface area contributed by atoms with Gasteiger partial charge in [0.2, 0.25) is 0 Å². The second kappa shape index (κ2) is 10.2. The average Bonchev–Trinajstić information content (AvgIpc) is 3.06. The van der Waals surface area contributed by atoms with Crippen molar-refractivity contribution in [1.29, 1.82) is 0 Å². The number of halogens is 4. The second-order valence-corrected chi connectivity index (χ2v) is 12.6. The zero-order valence-corrected chi connectivity index (χ0v) is 21.9. The topological polar surface area (TPSA) is 117 Å². The van der Waals surface area contributed by atoms with Gasteiger partial charge in [-0.1, -0.05) is 11.6 Å². The van der Waals surface area contributed by atoms with Crippen LogP contribution in [0.3, 0.4) is 0 Å². The van der Waals surface area contributed by atoms with Crippen LogP contribution >= 0.6 is 11.6 Å².